The standard InChI is InChI=1S/C18H21N3O/c1-12-10-11-13-6-2-3-7-14(13)17(12)18(22)21-16-9-5-4-8-15(16)19-20-21/h4-5,8-14,17H,2-3,6-7H2,1H3/t12-,13+,14-,17-/m0/s1. The van der Waals surface area contributed by atoms with Crippen molar-refractivity contribution in [3.8, 4) is 0 Å². The summed E-state index contributed by atoms with van der Waals surface area (Å²) in [6.45, 7) is 2.16. The second-order valence-electron chi connectivity index (χ2n) is 6.71. The predicted octanol–water partition coefficient (Wildman–Crippen LogP) is 3.70. The molecule has 2 aliphatic rings. The molecule has 4 rings (SSSR count). The van der Waals surface area contributed by atoms with Crippen LogP contribution in [0.25, 0.3) is 11.0 Å². The molecule has 2 aromatic rings. The van der Waals surface area contributed by atoms with Crippen molar-refractivity contribution in [2.45, 2.75) is 32.6 Å². The van der Waals surface area contributed by atoms with Gasteiger partial charge >= 0.3 is 0 Å². The van der Waals surface area contributed by atoms with Crippen molar-refractivity contribution >= 4 is 16.9 Å². The molecule has 0 radical (unpaired) electrons. The fraction of sp³-hybridized carbons (Fsp3) is 0.500. The number of rotatable bonds is 1. The average Bonchev–Trinajstić information content (AvgIpc) is 2.98. The molecular formula is C18H21N3O. The highest BCUT2D eigenvalue weighted by Crippen LogP contribution is 2.43. The predicted molar refractivity (Wildman–Crippen MR) is 85.4 cm³/mol. The minimum atomic E-state index is 0.0282. The number of hydrogen-bond donors (Lipinski definition) is 0. The molecular weight excluding hydrogens is 274 g/mol. The van der Waals surface area contributed by atoms with Gasteiger partial charge in [0.15, 0.2) is 0 Å². The highest BCUT2D eigenvalue weighted by atomic mass is 16.2. The molecule has 2 aliphatic carbocycles. The van der Waals surface area contributed by atoms with Gasteiger partial charge in [-0.25, -0.2) is 0 Å². The van der Waals surface area contributed by atoms with Gasteiger partial charge in [0.25, 0.3) is 5.91 Å². The summed E-state index contributed by atoms with van der Waals surface area (Å²) in [5, 5.41) is 8.27. The average molecular weight is 295 g/mol. The van der Waals surface area contributed by atoms with Crippen molar-refractivity contribution in [3.05, 3.63) is 36.4 Å². The molecule has 1 aromatic carbocycles. The summed E-state index contributed by atoms with van der Waals surface area (Å²) in [5.74, 6) is 1.44. The molecule has 0 aliphatic heterocycles. The molecule has 0 amide bonds. The van der Waals surface area contributed by atoms with Crippen molar-refractivity contribution in [2.24, 2.45) is 23.7 Å². The fourth-order valence-corrected chi connectivity index (χ4v) is 4.28. The molecule has 4 heteroatoms. The summed E-state index contributed by atoms with van der Waals surface area (Å²) in [5.41, 5.74) is 1.61. The number of carbonyl (C=O) groups is 1. The number of carbonyl (C=O) groups excluding carboxylic acids is 1. The van der Waals surface area contributed by atoms with E-state index in [9.17, 15) is 4.79 Å². The van der Waals surface area contributed by atoms with Gasteiger partial charge in [0.1, 0.15) is 5.52 Å². The first-order valence-corrected chi connectivity index (χ1v) is 8.28. The lowest BCUT2D eigenvalue weighted by molar-refractivity contribution is 0.0626. The maximum atomic E-state index is 13.2. The summed E-state index contributed by atoms with van der Waals surface area (Å²) in [7, 11) is 0. The number of hydrogen-bond acceptors (Lipinski definition) is 3. The van der Waals surface area contributed by atoms with Crippen LogP contribution in [-0.2, 0) is 0 Å². The van der Waals surface area contributed by atoms with Crippen molar-refractivity contribution < 1.29 is 4.79 Å². The third-order valence-electron chi connectivity index (χ3n) is 5.41. The second kappa shape index (κ2) is 5.34. The SMILES string of the molecule is C[C@H]1C=C[C@H]2CCCC[C@@H]2[C@H]1C(=O)n1nnc2ccccc21. The van der Waals surface area contributed by atoms with Crippen molar-refractivity contribution in [1.29, 1.82) is 0 Å². The first-order chi connectivity index (χ1) is 10.8. The lowest BCUT2D eigenvalue weighted by atomic mass is 9.65. The first kappa shape index (κ1) is 13.7. The van der Waals surface area contributed by atoms with E-state index in [1.165, 1.54) is 23.9 Å². The van der Waals surface area contributed by atoms with Crippen LogP contribution in [0.1, 0.15) is 37.4 Å². The van der Waals surface area contributed by atoms with Crippen LogP contribution < -0.4 is 0 Å². The van der Waals surface area contributed by atoms with Gasteiger partial charge in [-0.15, -0.1) is 5.10 Å². The number of para-hydroxylation sites is 1. The Balaban J connectivity index is 1.73. The second-order valence-corrected chi connectivity index (χ2v) is 6.71. The third kappa shape index (κ3) is 2.09. The Kier molecular flexibility index (Phi) is 3.32. The Hall–Kier alpha value is -1.97. The molecule has 114 valence electrons. The topological polar surface area (TPSA) is 47.8 Å². The number of benzene rings is 1. The minimum absolute atomic E-state index is 0.0282. The fourth-order valence-electron chi connectivity index (χ4n) is 4.28. The van der Waals surface area contributed by atoms with E-state index in [1.54, 1.807) is 0 Å². The quantitative estimate of drug-likeness (QED) is 0.754. The van der Waals surface area contributed by atoms with Crippen LogP contribution in [0, 0.1) is 23.7 Å². The summed E-state index contributed by atoms with van der Waals surface area (Å²) >= 11 is 0. The molecule has 1 fully saturated rings. The van der Waals surface area contributed by atoms with E-state index in [0.717, 1.165) is 17.5 Å². The zero-order valence-electron chi connectivity index (χ0n) is 12.9. The molecule has 0 spiro atoms. The van der Waals surface area contributed by atoms with Gasteiger partial charge in [-0.2, -0.15) is 4.68 Å². The Bertz CT molecular complexity index is 733. The van der Waals surface area contributed by atoms with Crippen LogP contribution in [0.4, 0.5) is 0 Å². The molecule has 0 saturated heterocycles. The Labute approximate surface area is 130 Å². The smallest absolute Gasteiger partial charge is 0.252 e. The van der Waals surface area contributed by atoms with Gasteiger partial charge in [-0.05, 0) is 42.7 Å². The Morgan fingerprint density at radius 2 is 2.00 bits per heavy atom. The molecule has 0 bridgehead atoms. The van der Waals surface area contributed by atoms with E-state index < -0.39 is 0 Å². The van der Waals surface area contributed by atoms with Crippen LogP contribution in [0.5, 0.6) is 0 Å². The van der Waals surface area contributed by atoms with Gasteiger partial charge in [-0.1, -0.05) is 49.3 Å². The Morgan fingerprint density at radius 1 is 1.18 bits per heavy atom. The van der Waals surface area contributed by atoms with Crippen molar-refractivity contribution in [3.63, 3.8) is 0 Å². The van der Waals surface area contributed by atoms with Crippen LogP contribution >= 0.6 is 0 Å². The van der Waals surface area contributed by atoms with Gasteiger partial charge < -0.3 is 0 Å². The normalized spacial score (nSPS) is 31.1. The van der Waals surface area contributed by atoms with Gasteiger partial charge in [0.2, 0.25) is 0 Å². The van der Waals surface area contributed by atoms with E-state index in [-0.39, 0.29) is 17.7 Å². The number of allylic oxidation sites excluding steroid dienone is 2. The zero-order chi connectivity index (χ0) is 15.1. The monoisotopic (exact) mass is 295 g/mol. The number of fused-ring (bicyclic) bond motifs is 2. The van der Waals surface area contributed by atoms with Crippen molar-refractivity contribution in [1.82, 2.24) is 15.0 Å². The molecule has 1 heterocycles. The van der Waals surface area contributed by atoms with Crippen LogP contribution in [0.2, 0.25) is 0 Å². The Morgan fingerprint density at radius 3 is 2.91 bits per heavy atom. The molecule has 0 N–H and O–H groups in total. The largest absolute Gasteiger partial charge is 0.272 e. The summed E-state index contributed by atoms with van der Waals surface area (Å²) in [6, 6.07) is 7.69. The van der Waals surface area contributed by atoms with Crippen LogP contribution in [-0.4, -0.2) is 20.9 Å². The molecule has 4 nitrogen and oxygen atoms in total. The lowest BCUT2D eigenvalue weighted by Gasteiger charge is -2.40. The first-order valence-electron chi connectivity index (χ1n) is 8.28. The highest BCUT2D eigenvalue weighted by molar-refractivity contribution is 5.90. The van der Waals surface area contributed by atoms with E-state index in [2.05, 4.69) is 29.4 Å². The van der Waals surface area contributed by atoms with Crippen LogP contribution in [0.3, 0.4) is 0 Å². The summed E-state index contributed by atoms with van der Waals surface area (Å²) in [4.78, 5) is 13.2. The molecule has 4 atom stereocenters. The third-order valence-corrected chi connectivity index (χ3v) is 5.41. The highest BCUT2D eigenvalue weighted by Gasteiger charge is 2.41. The molecule has 1 aromatic heterocycles. The maximum Gasteiger partial charge on any atom is 0.252 e. The lowest BCUT2D eigenvalue weighted by Crippen LogP contribution is -2.40. The molecule has 1 saturated carbocycles. The summed E-state index contributed by atoms with van der Waals surface area (Å²) < 4.78 is 1.53. The van der Waals surface area contributed by atoms with Crippen LogP contribution in [0.15, 0.2) is 36.4 Å². The number of aromatic nitrogens is 3. The van der Waals surface area contributed by atoms with E-state index in [0.29, 0.717) is 11.8 Å². The zero-order valence-corrected chi connectivity index (χ0v) is 12.9. The van der Waals surface area contributed by atoms with Gasteiger partial charge in [0, 0.05) is 5.92 Å². The van der Waals surface area contributed by atoms with E-state index in [1.807, 2.05) is 24.3 Å². The minimum Gasteiger partial charge on any atom is -0.272 e. The number of nitrogens with zero attached hydrogens (tertiary/aromatic N) is 3. The molecule has 22 heavy (non-hydrogen) atoms. The van der Waals surface area contributed by atoms with Gasteiger partial charge in [0.05, 0.1) is 5.52 Å². The van der Waals surface area contributed by atoms with E-state index in [4.69, 9.17) is 0 Å². The van der Waals surface area contributed by atoms with E-state index >= 15 is 0 Å². The summed E-state index contributed by atoms with van der Waals surface area (Å²) in [6.07, 6.45) is 9.47. The maximum absolute atomic E-state index is 13.2. The molecule has 0 unspecified atom stereocenters. The van der Waals surface area contributed by atoms with Crippen molar-refractivity contribution in [2.75, 3.05) is 0 Å². The van der Waals surface area contributed by atoms with Gasteiger partial charge in [-0.3, -0.25) is 4.79 Å².